The molecule has 2 unspecified atom stereocenters. The van der Waals surface area contributed by atoms with E-state index in [4.69, 9.17) is 4.74 Å². The van der Waals surface area contributed by atoms with Gasteiger partial charge in [0.05, 0.1) is 6.61 Å². The smallest absolute Gasteiger partial charge is 0.319 e. The minimum absolute atomic E-state index is 0.264. The van der Waals surface area contributed by atoms with Crippen LogP contribution in [0.1, 0.15) is 0 Å². The van der Waals surface area contributed by atoms with Crippen LogP contribution in [0.3, 0.4) is 0 Å². The second kappa shape index (κ2) is 3.06. The summed E-state index contributed by atoms with van der Waals surface area (Å²) in [7, 11) is 3.15. The Morgan fingerprint density at radius 3 is 2.82 bits per heavy atom. The molecule has 5 heteroatoms. The lowest BCUT2D eigenvalue weighted by Gasteiger charge is -2.18. The van der Waals surface area contributed by atoms with E-state index in [1.165, 1.54) is 12.0 Å². The number of carbonyl (C=O) groups is 1. The summed E-state index contributed by atoms with van der Waals surface area (Å²) in [4.78, 5) is 12.3. The first-order chi connectivity index (χ1) is 5.16. The third kappa shape index (κ3) is 1.44. The summed E-state index contributed by atoms with van der Waals surface area (Å²) >= 11 is 0. The van der Waals surface area contributed by atoms with Gasteiger partial charge >= 0.3 is 6.03 Å². The van der Waals surface area contributed by atoms with Crippen molar-refractivity contribution in [1.82, 2.24) is 10.2 Å². The van der Waals surface area contributed by atoms with Crippen molar-refractivity contribution in [1.29, 1.82) is 0 Å². The Bertz CT molecular complexity index is 162. The zero-order valence-electron chi connectivity index (χ0n) is 6.57. The molecule has 0 aromatic heterocycles. The van der Waals surface area contributed by atoms with E-state index in [1.807, 2.05) is 0 Å². The van der Waals surface area contributed by atoms with Crippen molar-refractivity contribution in [3.8, 4) is 0 Å². The Kier molecular flexibility index (Phi) is 2.31. The van der Waals surface area contributed by atoms with Crippen molar-refractivity contribution in [2.75, 3.05) is 20.8 Å². The Labute approximate surface area is 64.9 Å². The van der Waals surface area contributed by atoms with Crippen LogP contribution in [0.25, 0.3) is 0 Å². The van der Waals surface area contributed by atoms with Gasteiger partial charge in [-0.15, -0.1) is 0 Å². The van der Waals surface area contributed by atoms with Gasteiger partial charge < -0.3 is 20.1 Å². The van der Waals surface area contributed by atoms with Crippen LogP contribution in [-0.4, -0.2) is 49.1 Å². The van der Waals surface area contributed by atoms with Crippen molar-refractivity contribution >= 4 is 6.03 Å². The van der Waals surface area contributed by atoms with Gasteiger partial charge in [0.1, 0.15) is 6.04 Å². The number of hydrogen-bond donors (Lipinski definition) is 2. The number of aliphatic hydroxyl groups is 1. The minimum atomic E-state index is -0.813. The molecule has 0 spiro atoms. The number of aliphatic hydroxyl groups excluding tert-OH is 1. The van der Waals surface area contributed by atoms with E-state index >= 15 is 0 Å². The number of likely N-dealkylation sites (N-methyl/N-ethyl adjacent to an activating group) is 1. The highest BCUT2D eigenvalue weighted by Crippen LogP contribution is 2.08. The number of urea groups is 1. The minimum Gasteiger partial charge on any atom is -0.382 e. The summed E-state index contributed by atoms with van der Waals surface area (Å²) in [5.74, 6) is 0. The zero-order chi connectivity index (χ0) is 8.43. The predicted octanol–water partition coefficient (Wildman–Crippen LogP) is -1.03. The van der Waals surface area contributed by atoms with E-state index in [2.05, 4.69) is 5.32 Å². The topological polar surface area (TPSA) is 61.8 Å². The molecule has 64 valence electrons. The first-order valence-electron chi connectivity index (χ1n) is 3.37. The van der Waals surface area contributed by atoms with Crippen molar-refractivity contribution in [3.63, 3.8) is 0 Å². The fourth-order valence-electron chi connectivity index (χ4n) is 1.06. The Hall–Kier alpha value is -0.810. The molecule has 1 fully saturated rings. The number of nitrogens with zero attached hydrogens (tertiary/aromatic N) is 1. The van der Waals surface area contributed by atoms with Crippen LogP contribution in [0.4, 0.5) is 4.79 Å². The van der Waals surface area contributed by atoms with Crippen molar-refractivity contribution in [2.24, 2.45) is 0 Å². The van der Waals surface area contributed by atoms with Crippen LogP contribution in [0, 0.1) is 0 Å². The molecule has 5 nitrogen and oxygen atoms in total. The molecule has 0 bridgehead atoms. The molecule has 2 N–H and O–H groups in total. The first-order valence-corrected chi connectivity index (χ1v) is 3.37. The molecule has 0 aromatic carbocycles. The van der Waals surface area contributed by atoms with Gasteiger partial charge in [-0.1, -0.05) is 0 Å². The fraction of sp³-hybridized carbons (Fsp3) is 0.833. The van der Waals surface area contributed by atoms with Crippen LogP contribution >= 0.6 is 0 Å². The number of carbonyl (C=O) groups excluding carboxylic acids is 1. The Morgan fingerprint density at radius 1 is 1.82 bits per heavy atom. The van der Waals surface area contributed by atoms with Gasteiger partial charge in [-0.2, -0.15) is 0 Å². The summed E-state index contributed by atoms with van der Waals surface area (Å²) in [6.07, 6.45) is -0.813. The lowest BCUT2D eigenvalue weighted by Crippen LogP contribution is -2.37. The summed E-state index contributed by atoms with van der Waals surface area (Å²) in [5.41, 5.74) is 0. The molecule has 0 aliphatic carbocycles. The average molecular weight is 160 g/mol. The molecule has 11 heavy (non-hydrogen) atoms. The van der Waals surface area contributed by atoms with Crippen LogP contribution < -0.4 is 5.32 Å². The van der Waals surface area contributed by atoms with E-state index in [1.54, 1.807) is 7.05 Å². The molecule has 0 saturated carbocycles. The monoisotopic (exact) mass is 160 g/mol. The molecule has 0 radical (unpaired) electrons. The van der Waals surface area contributed by atoms with Crippen LogP contribution in [0.15, 0.2) is 0 Å². The number of hydrogen-bond acceptors (Lipinski definition) is 3. The largest absolute Gasteiger partial charge is 0.382 e. The average Bonchev–Trinajstić information content (AvgIpc) is 2.17. The number of ether oxygens (including phenoxy) is 1. The lowest BCUT2D eigenvalue weighted by molar-refractivity contribution is 0.0556. The van der Waals surface area contributed by atoms with Gasteiger partial charge in [-0.3, -0.25) is 0 Å². The summed E-state index contributed by atoms with van der Waals surface area (Å²) in [5, 5.41) is 11.6. The molecule has 0 aromatic rings. The molecule has 1 aliphatic rings. The molecule has 2 amide bonds. The zero-order valence-corrected chi connectivity index (χ0v) is 6.57. The third-order valence-electron chi connectivity index (χ3n) is 1.79. The predicted molar refractivity (Wildman–Crippen MR) is 38.0 cm³/mol. The number of nitrogens with one attached hydrogen (secondary N) is 1. The molecule has 2 atom stereocenters. The van der Waals surface area contributed by atoms with Crippen LogP contribution in [0.2, 0.25) is 0 Å². The van der Waals surface area contributed by atoms with E-state index in [9.17, 15) is 9.90 Å². The highest BCUT2D eigenvalue weighted by Gasteiger charge is 2.35. The van der Waals surface area contributed by atoms with Crippen molar-refractivity contribution < 1.29 is 14.6 Å². The van der Waals surface area contributed by atoms with Gasteiger partial charge in [-0.05, 0) is 0 Å². The number of methoxy groups -OCH3 is 1. The maximum Gasteiger partial charge on any atom is 0.319 e. The Balaban J connectivity index is 2.56. The quantitative estimate of drug-likeness (QED) is 0.543. The van der Waals surface area contributed by atoms with Crippen molar-refractivity contribution in [3.05, 3.63) is 0 Å². The van der Waals surface area contributed by atoms with Gasteiger partial charge in [0, 0.05) is 14.2 Å². The van der Waals surface area contributed by atoms with Gasteiger partial charge in [0.25, 0.3) is 0 Å². The molecular weight excluding hydrogens is 148 g/mol. The molecule has 1 saturated heterocycles. The van der Waals surface area contributed by atoms with E-state index in [-0.39, 0.29) is 12.1 Å². The second-order valence-electron chi connectivity index (χ2n) is 2.53. The maximum absolute atomic E-state index is 10.9. The lowest BCUT2D eigenvalue weighted by atomic mass is 10.3. The standard InChI is InChI=1S/C6H12N2O3/c1-8-4(3-11-2)5(9)7-6(8)10/h4-5,9H,3H2,1-2H3,(H,7,10). The van der Waals surface area contributed by atoms with Gasteiger partial charge in [0.2, 0.25) is 0 Å². The maximum atomic E-state index is 10.9. The Morgan fingerprint density at radius 2 is 2.45 bits per heavy atom. The number of amides is 2. The molecular formula is C6H12N2O3. The summed E-state index contributed by atoms with van der Waals surface area (Å²) < 4.78 is 4.82. The summed E-state index contributed by atoms with van der Waals surface area (Å²) in [6, 6.07) is -0.535. The SMILES string of the molecule is COCC1C(O)NC(=O)N1C. The van der Waals surface area contributed by atoms with E-state index < -0.39 is 6.23 Å². The van der Waals surface area contributed by atoms with E-state index in [0.717, 1.165) is 0 Å². The number of rotatable bonds is 2. The molecule has 1 heterocycles. The molecule has 1 aliphatic heterocycles. The van der Waals surface area contributed by atoms with Gasteiger partial charge in [0.15, 0.2) is 6.23 Å². The highest BCUT2D eigenvalue weighted by molar-refractivity contribution is 5.76. The fourth-order valence-corrected chi connectivity index (χ4v) is 1.06. The van der Waals surface area contributed by atoms with Crippen LogP contribution in [0.5, 0.6) is 0 Å². The second-order valence-corrected chi connectivity index (χ2v) is 2.53. The molecule has 1 rings (SSSR count). The normalized spacial score (nSPS) is 30.8. The first kappa shape index (κ1) is 8.29. The third-order valence-corrected chi connectivity index (χ3v) is 1.79. The van der Waals surface area contributed by atoms with Gasteiger partial charge in [-0.25, -0.2) is 4.79 Å². The highest BCUT2D eigenvalue weighted by atomic mass is 16.5. The van der Waals surface area contributed by atoms with Crippen LogP contribution in [-0.2, 0) is 4.74 Å². The van der Waals surface area contributed by atoms with E-state index in [0.29, 0.717) is 6.61 Å². The van der Waals surface area contributed by atoms with Crippen molar-refractivity contribution in [2.45, 2.75) is 12.3 Å². The summed E-state index contributed by atoms with van der Waals surface area (Å²) in [6.45, 7) is 0.344.